The van der Waals surface area contributed by atoms with Gasteiger partial charge in [-0.1, -0.05) is 46.8 Å². The molecule has 1 heterocycles. The average Bonchev–Trinajstić information content (AvgIpc) is 3.07. The molecule has 1 aromatic carbocycles. The van der Waals surface area contributed by atoms with Crippen LogP contribution in [0.15, 0.2) is 36.4 Å². The average molecular weight is 485 g/mol. The molecule has 0 bridgehead atoms. The summed E-state index contributed by atoms with van der Waals surface area (Å²) in [6, 6.07) is 7.54. The lowest BCUT2D eigenvalue weighted by atomic mass is 9.80. The second kappa shape index (κ2) is 11.1. The minimum Gasteiger partial charge on any atom is -0.374 e. The van der Waals surface area contributed by atoms with Crippen LogP contribution in [0.1, 0.15) is 87.1 Å². The van der Waals surface area contributed by atoms with Gasteiger partial charge >= 0.3 is 0 Å². The minimum absolute atomic E-state index is 0.0829. The molecule has 6 nitrogen and oxygen atoms in total. The van der Waals surface area contributed by atoms with Crippen LogP contribution in [0.3, 0.4) is 0 Å². The van der Waals surface area contributed by atoms with Gasteiger partial charge < -0.3 is 9.64 Å². The molecule has 0 aromatic heterocycles. The van der Waals surface area contributed by atoms with Crippen LogP contribution in [0.4, 0.5) is 5.69 Å². The topological polar surface area (TPSA) is 66.9 Å². The van der Waals surface area contributed by atoms with Crippen molar-refractivity contribution in [2.45, 2.75) is 98.6 Å². The van der Waals surface area contributed by atoms with Gasteiger partial charge in [-0.3, -0.25) is 14.4 Å². The summed E-state index contributed by atoms with van der Waals surface area (Å²) in [5, 5.41) is 0. The van der Waals surface area contributed by atoms with E-state index in [-0.39, 0.29) is 34.6 Å². The van der Waals surface area contributed by atoms with Crippen LogP contribution in [-0.2, 0) is 24.5 Å². The monoisotopic (exact) mass is 484 g/mol. The molecule has 35 heavy (non-hydrogen) atoms. The van der Waals surface area contributed by atoms with E-state index in [2.05, 4.69) is 48.5 Å². The quantitative estimate of drug-likeness (QED) is 0.381. The van der Waals surface area contributed by atoms with Crippen LogP contribution in [0.2, 0.25) is 0 Å². The molecule has 194 valence electrons. The number of imide groups is 1. The number of anilines is 1. The fourth-order valence-electron chi connectivity index (χ4n) is 4.07. The van der Waals surface area contributed by atoms with Crippen molar-refractivity contribution >= 4 is 23.4 Å². The van der Waals surface area contributed by atoms with E-state index in [4.69, 9.17) is 4.74 Å². The summed E-state index contributed by atoms with van der Waals surface area (Å²) >= 11 is 0. The lowest BCUT2D eigenvalue weighted by Crippen LogP contribution is -2.47. The number of benzene rings is 1. The Bertz CT molecular complexity index is 918. The zero-order valence-electron chi connectivity index (χ0n) is 23.1. The van der Waals surface area contributed by atoms with Crippen LogP contribution in [0, 0.1) is 5.41 Å². The largest absolute Gasteiger partial charge is 0.374 e. The van der Waals surface area contributed by atoms with E-state index in [1.165, 1.54) is 12.2 Å². The van der Waals surface area contributed by atoms with Crippen LogP contribution < -0.4 is 4.90 Å². The third kappa shape index (κ3) is 8.31. The van der Waals surface area contributed by atoms with E-state index in [1.54, 1.807) is 12.1 Å². The summed E-state index contributed by atoms with van der Waals surface area (Å²) < 4.78 is 6.17. The van der Waals surface area contributed by atoms with Gasteiger partial charge in [0, 0.05) is 37.8 Å². The third-order valence-corrected chi connectivity index (χ3v) is 6.52. The van der Waals surface area contributed by atoms with Crippen molar-refractivity contribution in [3.8, 4) is 0 Å². The zero-order valence-corrected chi connectivity index (χ0v) is 23.1. The normalized spacial score (nSPS) is 14.9. The van der Waals surface area contributed by atoms with Crippen molar-refractivity contribution in [1.82, 2.24) is 4.90 Å². The van der Waals surface area contributed by atoms with Gasteiger partial charge in [0.2, 0.25) is 5.91 Å². The molecule has 0 aliphatic carbocycles. The molecule has 0 saturated heterocycles. The Labute approximate surface area is 211 Å². The number of nitrogens with zero attached hydrogens (tertiary/aromatic N) is 2. The lowest BCUT2D eigenvalue weighted by molar-refractivity contribution is -0.139. The highest BCUT2D eigenvalue weighted by atomic mass is 16.5. The van der Waals surface area contributed by atoms with Crippen molar-refractivity contribution < 1.29 is 19.1 Å². The molecule has 6 heteroatoms. The molecule has 0 atom stereocenters. The number of hydrogen-bond donors (Lipinski definition) is 0. The van der Waals surface area contributed by atoms with Crippen molar-refractivity contribution in [1.29, 1.82) is 0 Å². The van der Waals surface area contributed by atoms with Crippen LogP contribution in [-0.4, -0.2) is 47.4 Å². The van der Waals surface area contributed by atoms with Crippen LogP contribution >= 0.6 is 0 Å². The van der Waals surface area contributed by atoms with E-state index in [0.717, 1.165) is 16.9 Å². The first-order valence-corrected chi connectivity index (χ1v) is 12.6. The van der Waals surface area contributed by atoms with Crippen molar-refractivity contribution in [3.63, 3.8) is 0 Å². The summed E-state index contributed by atoms with van der Waals surface area (Å²) in [5.41, 5.74) is 1.16. The van der Waals surface area contributed by atoms with Gasteiger partial charge in [0.1, 0.15) is 0 Å². The molecule has 1 aliphatic heterocycles. The van der Waals surface area contributed by atoms with E-state index < -0.39 is 5.60 Å². The van der Waals surface area contributed by atoms with Gasteiger partial charge in [-0.25, -0.2) is 4.90 Å². The molecule has 0 saturated carbocycles. The molecule has 2 rings (SSSR count). The number of carbonyl (C=O) groups is 3. The van der Waals surface area contributed by atoms with Crippen LogP contribution in [0.5, 0.6) is 0 Å². The van der Waals surface area contributed by atoms with Gasteiger partial charge in [-0.15, -0.1) is 0 Å². The van der Waals surface area contributed by atoms with Gasteiger partial charge in [-0.05, 0) is 69.1 Å². The van der Waals surface area contributed by atoms with E-state index in [9.17, 15) is 14.4 Å². The van der Waals surface area contributed by atoms with Crippen molar-refractivity contribution in [2.75, 3.05) is 18.1 Å². The minimum atomic E-state index is -0.421. The predicted octanol–water partition coefficient (Wildman–Crippen LogP) is 5.64. The Balaban J connectivity index is 1.99. The Morgan fingerprint density at radius 3 is 1.94 bits per heavy atom. The highest BCUT2D eigenvalue weighted by Crippen LogP contribution is 2.31. The first-order chi connectivity index (χ1) is 16.0. The molecule has 0 N–H and O–H groups in total. The molecule has 1 aliphatic rings. The number of rotatable bonds is 11. The number of ether oxygens (including phenoxy) is 1. The lowest BCUT2D eigenvalue weighted by Gasteiger charge is -2.36. The maximum atomic E-state index is 13.3. The Hall–Kier alpha value is -2.47. The van der Waals surface area contributed by atoms with E-state index in [0.29, 0.717) is 31.7 Å². The number of amides is 3. The maximum Gasteiger partial charge on any atom is 0.258 e. The molecule has 0 unspecified atom stereocenters. The summed E-state index contributed by atoms with van der Waals surface area (Å²) in [5.74, 6) is -0.532. The Morgan fingerprint density at radius 1 is 0.914 bits per heavy atom. The third-order valence-electron chi connectivity index (χ3n) is 6.52. The van der Waals surface area contributed by atoms with Crippen molar-refractivity contribution in [2.24, 2.45) is 5.41 Å². The fourth-order valence-corrected chi connectivity index (χ4v) is 4.07. The van der Waals surface area contributed by atoms with Gasteiger partial charge in [0.15, 0.2) is 0 Å². The summed E-state index contributed by atoms with van der Waals surface area (Å²) in [4.78, 5) is 40.2. The summed E-state index contributed by atoms with van der Waals surface area (Å²) in [7, 11) is 0. The Kier molecular flexibility index (Phi) is 9.10. The van der Waals surface area contributed by atoms with Gasteiger partial charge in [0.25, 0.3) is 11.8 Å². The predicted molar refractivity (Wildman–Crippen MR) is 141 cm³/mol. The Morgan fingerprint density at radius 2 is 1.46 bits per heavy atom. The summed E-state index contributed by atoms with van der Waals surface area (Å²) in [6.07, 6.45) is 4.64. The standard InChI is InChI=1S/C29H44N2O4/c1-21(2)30(20-29(8,9)35-19-18-27(3,4)5)24(32)16-17-28(6,7)22-10-12-23(13-11-22)31-25(33)14-15-26(31)34/h10-15,21H,16-20H2,1-9H3. The molecule has 1 aromatic rings. The molecule has 0 fully saturated rings. The first kappa shape index (κ1) is 28.8. The SMILES string of the molecule is CC(C)N(CC(C)(C)OCCC(C)(C)C)C(=O)CCC(C)(C)c1ccc(N2C(=O)C=CC2=O)cc1. The number of hydrogen-bond acceptors (Lipinski definition) is 4. The molecular formula is C29H44N2O4. The highest BCUT2D eigenvalue weighted by molar-refractivity contribution is 6.28. The fraction of sp³-hybridized carbons (Fsp3) is 0.621. The van der Waals surface area contributed by atoms with E-state index in [1.807, 2.05) is 30.9 Å². The van der Waals surface area contributed by atoms with E-state index >= 15 is 0 Å². The first-order valence-electron chi connectivity index (χ1n) is 12.6. The second-order valence-electron chi connectivity index (χ2n) is 12.3. The second-order valence-corrected chi connectivity index (χ2v) is 12.3. The maximum absolute atomic E-state index is 13.3. The molecule has 3 amide bonds. The molecular weight excluding hydrogens is 440 g/mol. The molecule has 0 radical (unpaired) electrons. The van der Waals surface area contributed by atoms with Gasteiger partial charge in [-0.2, -0.15) is 0 Å². The summed E-state index contributed by atoms with van der Waals surface area (Å²) in [6.45, 7) is 20.2. The number of carbonyl (C=O) groups excluding carboxylic acids is 3. The van der Waals surface area contributed by atoms with Crippen molar-refractivity contribution in [3.05, 3.63) is 42.0 Å². The van der Waals surface area contributed by atoms with Crippen LogP contribution in [0.25, 0.3) is 0 Å². The highest BCUT2D eigenvalue weighted by Gasteiger charge is 2.30. The smallest absolute Gasteiger partial charge is 0.258 e. The van der Waals surface area contributed by atoms with Gasteiger partial charge in [0.05, 0.1) is 11.3 Å². The zero-order chi connectivity index (χ0) is 26.6. The molecule has 0 spiro atoms.